The molecule has 1 N–H and O–H groups in total. The number of amides is 1. The Hall–Kier alpha value is -1.51. The van der Waals surface area contributed by atoms with Crippen LogP contribution in [0.3, 0.4) is 0 Å². The summed E-state index contributed by atoms with van der Waals surface area (Å²) in [4.78, 5) is 12.3. The second-order valence-electron chi connectivity index (χ2n) is 8.77. The Morgan fingerprint density at radius 2 is 1.68 bits per heavy atom. The molecule has 3 nitrogen and oxygen atoms in total. The minimum atomic E-state index is 0.147. The molecule has 0 unspecified atom stereocenters. The van der Waals surface area contributed by atoms with E-state index in [-0.39, 0.29) is 5.91 Å². The summed E-state index contributed by atoms with van der Waals surface area (Å²) in [5, 5.41) is 3.18. The molecule has 5 rings (SSSR count). The van der Waals surface area contributed by atoms with Gasteiger partial charge in [-0.15, -0.1) is 0 Å². The zero-order valence-corrected chi connectivity index (χ0v) is 15.4. The molecule has 1 amide bonds. The lowest BCUT2D eigenvalue weighted by Gasteiger charge is -2.57. The summed E-state index contributed by atoms with van der Waals surface area (Å²) in [6, 6.07) is 7.87. The Kier molecular flexibility index (Phi) is 4.75. The lowest BCUT2D eigenvalue weighted by Crippen LogP contribution is -2.47. The van der Waals surface area contributed by atoms with Crippen molar-refractivity contribution in [3.63, 3.8) is 0 Å². The minimum Gasteiger partial charge on any atom is -0.494 e. The molecule has 1 aromatic carbocycles. The van der Waals surface area contributed by atoms with Gasteiger partial charge in [0.05, 0.1) is 13.0 Å². The second-order valence-corrected chi connectivity index (χ2v) is 8.77. The normalized spacial score (nSPS) is 32.6. The molecular weight excluding hydrogens is 310 g/mol. The van der Waals surface area contributed by atoms with E-state index in [2.05, 4.69) is 5.32 Å². The maximum atomic E-state index is 12.3. The molecule has 4 fully saturated rings. The van der Waals surface area contributed by atoms with Crippen molar-refractivity contribution in [2.24, 2.45) is 23.2 Å². The van der Waals surface area contributed by atoms with Gasteiger partial charge >= 0.3 is 0 Å². The van der Waals surface area contributed by atoms with Crippen molar-refractivity contribution in [2.45, 2.75) is 58.3 Å². The Bertz CT molecular complexity index is 572. The lowest BCUT2D eigenvalue weighted by molar-refractivity contribution is -0.120. The average molecular weight is 341 g/mol. The molecule has 4 aliphatic carbocycles. The van der Waals surface area contributed by atoms with Gasteiger partial charge in [-0.05, 0) is 92.7 Å². The number of benzene rings is 1. The van der Waals surface area contributed by atoms with Crippen molar-refractivity contribution in [1.29, 1.82) is 0 Å². The van der Waals surface area contributed by atoms with E-state index in [4.69, 9.17) is 4.74 Å². The van der Waals surface area contributed by atoms with Gasteiger partial charge in [-0.2, -0.15) is 0 Å². The molecular formula is C22H31NO2. The first-order valence-corrected chi connectivity index (χ1v) is 10.1. The average Bonchev–Trinajstić information content (AvgIpc) is 2.55. The molecule has 0 aromatic heterocycles. The standard InChI is InChI=1S/C22H31NO2/c1-2-25-20-5-3-16(4-6-20)12-21(24)23-8-7-22-13-17-9-18(14-22)11-19(10-17)15-22/h3-6,17-19H,2,7-15H2,1H3,(H,23,24). The molecule has 4 bridgehead atoms. The molecule has 4 aliphatic rings. The highest BCUT2D eigenvalue weighted by atomic mass is 16.5. The van der Waals surface area contributed by atoms with Crippen LogP contribution in [-0.4, -0.2) is 19.1 Å². The molecule has 0 heterocycles. The van der Waals surface area contributed by atoms with Crippen molar-refractivity contribution in [2.75, 3.05) is 13.2 Å². The second kappa shape index (κ2) is 7.01. The third-order valence-electron chi connectivity index (χ3n) is 6.74. The van der Waals surface area contributed by atoms with Crippen LogP contribution in [0.5, 0.6) is 5.75 Å². The highest BCUT2D eigenvalue weighted by Crippen LogP contribution is 2.61. The van der Waals surface area contributed by atoms with Gasteiger partial charge in [0.25, 0.3) is 0 Å². The Labute approximate surface area is 151 Å². The predicted octanol–water partition coefficient (Wildman–Crippen LogP) is 4.35. The molecule has 136 valence electrons. The van der Waals surface area contributed by atoms with Gasteiger partial charge in [-0.3, -0.25) is 4.79 Å². The zero-order valence-electron chi connectivity index (χ0n) is 15.4. The Morgan fingerprint density at radius 1 is 1.08 bits per heavy atom. The van der Waals surface area contributed by atoms with Gasteiger partial charge in [0, 0.05) is 6.54 Å². The third-order valence-corrected chi connectivity index (χ3v) is 6.74. The summed E-state index contributed by atoms with van der Waals surface area (Å²) < 4.78 is 5.45. The van der Waals surface area contributed by atoms with Crippen LogP contribution in [-0.2, 0) is 11.2 Å². The molecule has 25 heavy (non-hydrogen) atoms. The quantitative estimate of drug-likeness (QED) is 0.801. The van der Waals surface area contributed by atoms with E-state index >= 15 is 0 Å². The molecule has 1 aromatic rings. The fourth-order valence-corrected chi connectivity index (χ4v) is 6.18. The number of carbonyl (C=O) groups is 1. The van der Waals surface area contributed by atoms with Gasteiger partial charge in [0.15, 0.2) is 0 Å². The number of carbonyl (C=O) groups excluding carboxylic acids is 1. The fourth-order valence-electron chi connectivity index (χ4n) is 6.18. The number of rotatable bonds is 7. The van der Waals surface area contributed by atoms with E-state index in [0.29, 0.717) is 18.4 Å². The highest BCUT2D eigenvalue weighted by Gasteiger charge is 2.50. The largest absolute Gasteiger partial charge is 0.494 e. The van der Waals surface area contributed by atoms with Crippen molar-refractivity contribution in [3.8, 4) is 5.75 Å². The number of hydrogen-bond donors (Lipinski definition) is 1. The van der Waals surface area contributed by atoms with Crippen LogP contribution >= 0.6 is 0 Å². The first-order valence-electron chi connectivity index (χ1n) is 10.1. The van der Waals surface area contributed by atoms with Crippen LogP contribution in [0.25, 0.3) is 0 Å². The number of nitrogens with one attached hydrogen (secondary N) is 1. The lowest BCUT2D eigenvalue weighted by atomic mass is 9.49. The van der Waals surface area contributed by atoms with E-state index in [0.717, 1.165) is 35.6 Å². The van der Waals surface area contributed by atoms with Crippen LogP contribution in [0, 0.1) is 23.2 Å². The highest BCUT2D eigenvalue weighted by molar-refractivity contribution is 5.78. The van der Waals surface area contributed by atoms with Crippen LogP contribution in [0.2, 0.25) is 0 Å². The molecule has 0 spiro atoms. The van der Waals surface area contributed by atoms with Crippen molar-refractivity contribution in [3.05, 3.63) is 29.8 Å². The van der Waals surface area contributed by atoms with E-state index in [1.807, 2.05) is 31.2 Å². The topological polar surface area (TPSA) is 38.3 Å². The Balaban J connectivity index is 1.24. The first kappa shape index (κ1) is 16.9. The first-order chi connectivity index (χ1) is 12.1. The molecule has 0 atom stereocenters. The monoisotopic (exact) mass is 341 g/mol. The molecule has 0 aliphatic heterocycles. The van der Waals surface area contributed by atoms with E-state index in [1.165, 1.54) is 44.9 Å². The van der Waals surface area contributed by atoms with Crippen LogP contribution in [0.4, 0.5) is 0 Å². The summed E-state index contributed by atoms with van der Waals surface area (Å²) in [5.41, 5.74) is 1.61. The predicted molar refractivity (Wildman–Crippen MR) is 99.5 cm³/mol. The van der Waals surface area contributed by atoms with E-state index in [9.17, 15) is 4.79 Å². The molecule has 0 radical (unpaired) electrons. The van der Waals surface area contributed by atoms with Gasteiger partial charge in [0.1, 0.15) is 5.75 Å². The Morgan fingerprint density at radius 3 is 2.24 bits per heavy atom. The summed E-state index contributed by atoms with van der Waals surface area (Å²) in [5.74, 6) is 3.99. The van der Waals surface area contributed by atoms with Gasteiger partial charge in [-0.1, -0.05) is 12.1 Å². The fraction of sp³-hybridized carbons (Fsp3) is 0.682. The zero-order chi connectivity index (χ0) is 17.3. The van der Waals surface area contributed by atoms with Crippen molar-refractivity contribution in [1.82, 2.24) is 5.32 Å². The maximum Gasteiger partial charge on any atom is 0.224 e. The summed E-state index contributed by atoms with van der Waals surface area (Å²) in [6.45, 7) is 3.50. The van der Waals surface area contributed by atoms with Crippen LogP contribution in [0.15, 0.2) is 24.3 Å². The summed E-state index contributed by atoms with van der Waals surface area (Å²) in [7, 11) is 0. The van der Waals surface area contributed by atoms with Crippen LogP contribution < -0.4 is 10.1 Å². The van der Waals surface area contributed by atoms with Gasteiger partial charge in [-0.25, -0.2) is 0 Å². The summed E-state index contributed by atoms with van der Waals surface area (Å²) >= 11 is 0. The van der Waals surface area contributed by atoms with Gasteiger partial charge < -0.3 is 10.1 Å². The van der Waals surface area contributed by atoms with Gasteiger partial charge in [0.2, 0.25) is 5.91 Å². The molecule has 4 saturated carbocycles. The van der Waals surface area contributed by atoms with Crippen molar-refractivity contribution >= 4 is 5.91 Å². The van der Waals surface area contributed by atoms with Crippen molar-refractivity contribution < 1.29 is 9.53 Å². The number of hydrogen-bond acceptors (Lipinski definition) is 2. The molecule has 0 saturated heterocycles. The van der Waals surface area contributed by atoms with E-state index in [1.54, 1.807) is 0 Å². The third kappa shape index (κ3) is 3.86. The molecule has 3 heteroatoms. The van der Waals surface area contributed by atoms with E-state index < -0.39 is 0 Å². The SMILES string of the molecule is CCOc1ccc(CC(=O)NCCC23CC4CC(CC(C4)C2)C3)cc1. The van der Waals surface area contributed by atoms with Crippen LogP contribution in [0.1, 0.15) is 57.4 Å². The summed E-state index contributed by atoms with van der Waals surface area (Å²) in [6.07, 6.45) is 10.4. The smallest absolute Gasteiger partial charge is 0.224 e. The minimum absolute atomic E-state index is 0.147. The maximum absolute atomic E-state index is 12.3. The number of ether oxygens (including phenoxy) is 1.